The third kappa shape index (κ3) is 3.60. The summed E-state index contributed by atoms with van der Waals surface area (Å²) in [6, 6.07) is 11.1. The average molecular weight is 346 g/mol. The molecule has 0 aliphatic rings. The number of aromatic amines is 1. The van der Waals surface area contributed by atoms with Crippen molar-refractivity contribution in [3.05, 3.63) is 65.4 Å². The second kappa shape index (κ2) is 6.51. The maximum atomic E-state index is 12.5. The molecule has 0 saturated heterocycles. The number of alkyl halides is 3. The van der Waals surface area contributed by atoms with Crippen molar-refractivity contribution in [3.8, 4) is 0 Å². The van der Waals surface area contributed by atoms with Crippen LogP contribution < -0.4 is 0 Å². The first-order valence-electron chi connectivity index (χ1n) is 7.53. The second-order valence-electron chi connectivity index (χ2n) is 5.54. The van der Waals surface area contributed by atoms with Gasteiger partial charge in [-0.05, 0) is 18.2 Å². The van der Waals surface area contributed by atoms with E-state index in [1.165, 1.54) is 0 Å². The molecule has 0 spiro atoms. The van der Waals surface area contributed by atoms with Crippen molar-refractivity contribution < 1.29 is 22.8 Å². The number of carbonyl (C=O) groups is 2. The topological polar surface area (TPSA) is 62.8 Å². The van der Waals surface area contributed by atoms with E-state index in [0.717, 1.165) is 29.8 Å². The third-order valence-corrected chi connectivity index (χ3v) is 3.85. The highest BCUT2D eigenvalue weighted by atomic mass is 19.4. The van der Waals surface area contributed by atoms with Gasteiger partial charge in [0.1, 0.15) is 5.69 Å². The minimum atomic E-state index is -4.45. The van der Waals surface area contributed by atoms with E-state index in [0.29, 0.717) is 5.39 Å². The van der Waals surface area contributed by atoms with Crippen LogP contribution in [-0.4, -0.2) is 21.8 Å². The molecular weight excluding hydrogens is 333 g/mol. The maximum absolute atomic E-state index is 12.5. The molecule has 4 nitrogen and oxygen atoms in total. The van der Waals surface area contributed by atoms with Gasteiger partial charge in [0, 0.05) is 23.8 Å². The molecule has 0 aliphatic heterocycles. The van der Waals surface area contributed by atoms with Crippen molar-refractivity contribution in [1.82, 2.24) is 10.2 Å². The number of nitrogens with zero attached hydrogens (tertiary/aromatic N) is 1. The number of carbonyl (C=O) groups excluding carboxylic acids is 2. The number of benzene rings is 2. The van der Waals surface area contributed by atoms with Gasteiger partial charge in [-0.2, -0.15) is 18.3 Å². The SMILES string of the molecule is O=C(CCC(=O)c1n[nH]c2ccccc12)c1ccc(C(F)(F)F)cc1. The summed E-state index contributed by atoms with van der Waals surface area (Å²) in [5.41, 5.74) is 0.312. The largest absolute Gasteiger partial charge is 0.416 e. The van der Waals surface area contributed by atoms with Crippen LogP contribution in [0.1, 0.15) is 39.3 Å². The lowest BCUT2D eigenvalue weighted by Crippen LogP contribution is -2.08. The number of Topliss-reactive ketones (excluding diaryl/α,β-unsaturated/α-hetero) is 2. The summed E-state index contributed by atoms with van der Waals surface area (Å²) < 4.78 is 37.6. The van der Waals surface area contributed by atoms with Crippen molar-refractivity contribution >= 4 is 22.5 Å². The Labute approximate surface area is 140 Å². The molecule has 0 saturated carbocycles. The summed E-state index contributed by atoms with van der Waals surface area (Å²) in [6.07, 6.45) is -4.60. The molecule has 0 amide bonds. The molecule has 3 rings (SSSR count). The van der Waals surface area contributed by atoms with Gasteiger partial charge in [-0.3, -0.25) is 14.7 Å². The number of para-hydroxylation sites is 1. The summed E-state index contributed by atoms with van der Waals surface area (Å²) in [7, 11) is 0. The highest BCUT2D eigenvalue weighted by Crippen LogP contribution is 2.29. The fourth-order valence-electron chi connectivity index (χ4n) is 2.51. The van der Waals surface area contributed by atoms with Crippen molar-refractivity contribution in [2.75, 3.05) is 0 Å². The predicted molar refractivity (Wildman–Crippen MR) is 85.4 cm³/mol. The van der Waals surface area contributed by atoms with E-state index in [9.17, 15) is 22.8 Å². The average Bonchev–Trinajstić information content (AvgIpc) is 3.03. The maximum Gasteiger partial charge on any atom is 0.416 e. The van der Waals surface area contributed by atoms with Gasteiger partial charge < -0.3 is 0 Å². The molecule has 1 N–H and O–H groups in total. The Morgan fingerprint density at radius 1 is 0.920 bits per heavy atom. The van der Waals surface area contributed by atoms with Gasteiger partial charge in [-0.1, -0.05) is 30.3 Å². The van der Waals surface area contributed by atoms with Gasteiger partial charge >= 0.3 is 6.18 Å². The first-order valence-corrected chi connectivity index (χ1v) is 7.53. The van der Waals surface area contributed by atoms with E-state index >= 15 is 0 Å². The van der Waals surface area contributed by atoms with E-state index in [1.54, 1.807) is 18.2 Å². The van der Waals surface area contributed by atoms with Gasteiger partial charge in [-0.15, -0.1) is 0 Å². The molecule has 0 atom stereocenters. The van der Waals surface area contributed by atoms with E-state index < -0.39 is 11.7 Å². The monoisotopic (exact) mass is 346 g/mol. The summed E-state index contributed by atoms with van der Waals surface area (Å²) in [4.78, 5) is 24.3. The number of fused-ring (bicyclic) bond motifs is 1. The quantitative estimate of drug-likeness (QED) is 0.695. The van der Waals surface area contributed by atoms with Crippen LogP contribution in [0.25, 0.3) is 10.9 Å². The number of aromatic nitrogens is 2. The van der Waals surface area contributed by atoms with Gasteiger partial charge in [0.2, 0.25) is 0 Å². The second-order valence-corrected chi connectivity index (χ2v) is 5.54. The lowest BCUT2D eigenvalue weighted by molar-refractivity contribution is -0.137. The van der Waals surface area contributed by atoms with Crippen molar-refractivity contribution in [1.29, 1.82) is 0 Å². The Morgan fingerprint density at radius 2 is 1.56 bits per heavy atom. The van der Waals surface area contributed by atoms with Crippen molar-refractivity contribution in [2.45, 2.75) is 19.0 Å². The van der Waals surface area contributed by atoms with Crippen LogP contribution in [-0.2, 0) is 6.18 Å². The minimum Gasteiger partial charge on any atom is -0.294 e. The summed E-state index contributed by atoms with van der Waals surface area (Å²) in [5, 5.41) is 7.40. The number of nitrogens with one attached hydrogen (secondary N) is 1. The number of halogens is 3. The number of ketones is 2. The number of rotatable bonds is 5. The lowest BCUT2D eigenvalue weighted by Gasteiger charge is -2.07. The Morgan fingerprint density at radius 3 is 2.24 bits per heavy atom. The standard InChI is InChI=1S/C18H13F3N2O2/c19-18(20,21)12-7-5-11(6-8-12)15(24)9-10-16(25)17-13-3-1-2-4-14(13)22-23-17/h1-8H,9-10H2,(H,22,23). The molecule has 0 aliphatic carbocycles. The predicted octanol–water partition coefficient (Wildman–Crippen LogP) is 4.43. The van der Waals surface area contributed by atoms with Crippen LogP contribution in [0.3, 0.4) is 0 Å². The first-order chi connectivity index (χ1) is 11.9. The van der Waals surface area contributed by atoms with Gasteiger partial charge in [-0.25, -0.2) is 0 Å². The van der Waals surface area contributed by atoms with Crippen LogP contribution in [0.15, 0.2) is 48.5 Å². The summed E-state index contributed by atoms with van der Waals surface area (Å²) in [5.74, 6) is -0.681. The minimum absolute atomic E-state index is 0.0608. The molecule has 1 aromatic heterocycles. The van der Waals surface area contributed by atoms with Gasteiger partial charge in [0.15, 0.2) is 11.6 Å². The molecule has 0 fully saturated rings. The number of H-pyrrole nitrogens is 1. The van der Waals surface area contributed by atoms with Crippen LogP contribution in [0.4, 0.5) is 13.2 Å². The van der Waals surface area contributed by atoms with Crippen LogP contribution >= 0.6 is 0 Å². The number of hydrogen-bond donors (Lipinski definition) is 1. The number of hydrogen-bond acceptors (Lipinski definition) is 3. The normalized spacial score (nSPS) is 11.6. The van der Waals surface area contributed by atoms with E-state index in [-0.39, 0.29) is 35.7 Å². The molecule has 25 heavy (non-hydrogen) atoms. The molecule has 3 aromatic rings. The highest BCUT2D eigenvalue weighted by molar-refractivity contribution is 6.07. The first kappa shape index (κ1) is 16.9. The Balaban J connectivity index is 1.67. The van der Waals surface area contributed by atoms with E-state index in [4.69, 9.17) is 0 Å². The Hall–Kier alpha value is -2.96. The van der Waals surface area contributed by atoms with Crippen molar-refractivity contribution in [2.24, 2.45) is 0 Å². The molecule has 0 bridgehead atoms. The zero-order valence-corrected chi connectivity index (χ0v) is 12.9. The van der Waals surface area contributed by atoms with E-state index in [2.05, 4.69) is 10.2 Å². The van der Waals surface area contributed by atoms with E-state index in [1.807, 2.05) is 6.07 Å². The molecule has 2 aromatic carbocycles. The zero-order valence-electron chi connectivity index (χ0n) is 12.9. The summed E-state index contributed by atoms with van der Waals surface area (Å²) >= 11 is 0. The molecular formula is C18H13F3N2O2. The lowest BCUT2D eigenvalue weighted by atomic mass is 10.0. The zero-order chi connectivity index (χ0) is 18.0. The Kier molecular flexibility index (Phi) is 4.39. The van der Waals surface area contributed by atoms with Crippen LogP contribution in [0, 0.1) is 0 Å². The smallest absolute Gasteiger partial charge is 0.294 e. The van der Waals surface area contributed by atoms with Gasteiger partial charge in [0.05, 0.1) is 11.1 Å². The molecule has 128 valence electrons. The summed E-state index contributed by atoms with van der Waals surface area (Å²) in [6.45, 7) is 0. The molecule has 1 heterocycles. The molecule has 7 heteroatoms. The van der Waals surface area contributed by atoms with Crippen LogP contribution in [0.5, 0.6) is 0 Å². The van der Waals surface area contributed by atoms with Gasteiger partial charge in [0.25, 0.3) is 0 Å². The molecule has 0 unspecified atom stereocenters. The fraction of sp³-hybridized carbons (Fsp3) is 0.167. The molecule has 0 radical (unpaired) electrons. The fourth-order valence-corrected chi connectivity index (χ4v) is 2.51. The highest BCUT2D eigenvalue weighted by Gasteiger charge is 2.30. The Bertz CT molecular complexity index is 927. The van der Waals surface area contributed by atoms with Crippen LogP contribution in [0.2, 0.25) is 0 Å². The van der Waals surface area contributed by atoms with Crippen molar-refractivity contribution in [3.63, 3.8) is 0 Å². The third-order valence-electron chi connectivity index (χ3n) is 3.85.